The zero-order chi connectivity index (χ0) is 27.3. The van der Waals surface area contributed by atoms with Gasteiger partial charge in [-0.05, 0) is 66.2 Å². The van der Waals surface area contributed by atoms with E-state index >= 15 is 0 Å². The third-order valence-electron chi connectivity index (χ3n) is 4.76. The van der Waals surface area contributed by atoms with Crippen molar-refractivity contribution in [2.24, 2.45) is 0 Å². The number of halogens is 1. The molecule has 0 unspecified atom stereocenters. The van der Waals surface area contributed by atoms with E-state index in [-0.39, 0.29) is 31.9 Å². The monoisotopic (exact) mass is 567 g/mol. The fraction of sp³-hybridized carbons (Fsp3) is 0.542. The van der Waals surface area contributed by atoms with Gasteiger partial charge >= 0.3 is 17.9 Å². The first kappa shape index (κ1) is 29.1. The molecule has 0 radical (unpaired) electrons. The number of rotatable bonds is 8. The number of hydrogen-bond acceptors (Lipinski definition) is 7. The fourth-order valence-corrected chi connectivity index (χ4v) is 3.39. The van der Waals surface area contributed by atoms with E-state index in [1.54, 1.807) is 41.5 Å². The number of carbonyl (C=O) groups is 2. The smallest absolute Gasteiger partial charge is 0.414 e. The van der Waals surface area contributed by atoms with Gasteiger partial charge in [-0.25, -0.2) is 9.59 Å². The highest BCUT2D eigenvalue weighted by Gasteiger charge is 2.27. The molecule has 2 rings (SSSR count). The van der Waals surface area contributed by atoms with Crippen molar-refractivity contribution in [1.82, 2.24) is 14.7 Å². The number of aromatic nitrogens is 2. The van der Waals surface area contributed by atoms with Crippen LogP contribution in [0, 0.1) is 17.0 Å². The van der Waals surface area contributed by atoms with E-state index in [4.69, 9.17) is 9.47 Å². The van der Waals surface area contributed by atoms with Crippen LogP contribution >= 0.6 is 15.9 Å². The molecule has 1 aromatic carbocycles. The first-order valence-corrected chi connectivity index (χ1v) is 12.3. The summed E-state index contributed by atoms with van der Waals surface area (Å²) < 4.78 is 13.4. The third-order valence-corrected chi connectivity index (χ3v) is 5.61. The van der Waals surface area contributed by atoms with Crippen molar-refractivity contribution in [2.75, 3.05) is 24.5 Å². The maximum atomic E-state index is 13.1. The van der Waals surface area contributed by atoms with Gasteiger partial charge in [-0.2, -0.15) is 5.10 Å². The minimum absolute atomic E-state index is 0.128. The lowest BCUT2D eigenvalue weighted by Crippen LogP contribution is -2.45. The van der Waals surface area contributed by atoms with E-state index in [1.807, 2.05) is 25.1 Å². The van der Waals surface area contributed by atoms with Crippen molar-refractivity contribution in [3.63, 3.8) is 0 Å². The second-order valence-electron chi connectivity index (χ2n) is 10.3. The minimum atomic E-state index is -0.730. The summed E-state index contributed by atoms with van der Waals surface area (Å²) in [6.45, 7) is 13.2. The molecular formula is C24H34BrN5O6. The Morgan fingerprint density at radius 2 is 1.67 bits per heavy atom. The van der Waals surface area contributed by atoms with Crippen molar-refractivity contribution in [3.05, 3.63) is 50.7 Å². The Kier molecular flexibility index (Phi) is 9.47. The molecule has 12 heteroatoms. The lowest BCUT2D eigenvalue weighted by atomic mass is 10.2. The largest absolute Gasteiger partial charge is 0.444 e. The highest BCUT2D eigenvalue weighted by molar-refractivity contribution is 9.10. The second-order valence-corrected chi connectivity index (χ2v) is 11.1. The number of carbonyl (C=O) groups excluding carboxylic acids is 2. The van der Waals surface area contributed by atoms with E-state index in [9.17, 15) is 19.7 Å². The standard InChI is InChI=1S/C24H34BrN5O6/c1-17-8-9-18(14-20(17)25)29(22(32)36-24(5,6)7)13-11-27(21(31)35-23(2,3)4)10-12-28-16-19(15-26-28)30(33)34/h8-9,14-16H,10-13H2,1-7H3. The molecule has 36 heavy (non-hydrogen) atoms. The predicted octanol–water partition coefficient (Wildman–Crippen LogP) is 5.54. The van der Waals surface area contributed by atoms with Gasteiger partial charge in [-0.15, -0.1) is 0 Å². The van der Waals surface area contributed by atoms with Crippen LogP contribution in [0.2, 0.25) is 0 Å². The van der Waals surface area contributed by atoms with Crippen LogP contribution in [0.15, 0.2) is 35.1 Å². The Labute approximate surface area is 219 Å². The van der Waals surface area contributed by atoms with Gasteiger partial charge in [0.1, 0.15) is 23.6 Å². The van der Waals surface area contributed by atoms with Crippen LogP contribution < -0.4 is 4.90 Å². The normalized spacial score (nSPS) is 11.7. The van der Waals surface area contributed by atoms with Crippen molar-refractivity contribution in [2.45, 2.75) is 66.2 Å². The number of ether oxygens (including phenoxy) is 2. The number of aryl methyl sites for hydroxylation is 1. The van der Waals surface area contributed by atoms with Crippen LogP contribution in [0.5, 0.6) is 0 Å². The van der Waals surface area contributed by atoms with E-state index in [2.05, 4.69) is 21.0 Å². The van der Waals surface area contributed by atoms with Crippen LogP contribution in [-0.4, -0.2) is 62.6 Å². The number of anilines is 1. The van der Waals surface area contributed by atoms with Gasteiger partial charge in [-0.1, -0.05) is 22.0 Å². The maximum absolute atomic E-state index is 13.1. The summed E-state index contributed by atoms with van der Waals surface area (Å²) in [5.74, 6) is 0. The topological polar surface area (TPSA) is 120 Å². The summed E-state index contributed by atoms with van der Waals surface area (Å²) in [6, 6.07) is 5.51. The molecule has 0 N–H and O–H groups in total. The molecule has 0 spiro atoms. The fourth-order valence-electron chi connectivity index (χ4n) is 3.03. The molecule has 0 aliphatic heterocycles. The molecule has 0 fully saturated rings. The quantitative estimate of drug-likeness (QED) is 0.303. The number of nitro groups is 1. The molecule has 2 amide bonds. The van der Waals surface area contributed by atoms with Gasteiger partial charge in [0, 0.05) is 29.8 Å². The third kappa shape index (κ3) is 9.14. The number of hydrogen-bond donors (Lipinski definition) is 0. The lowest BCUT2D eigenvalue weighted by molar-refractivity contribution is -0.385. The van der Waals surface area contributed by atoms with Crippen molar-refractivity contribution >= 4 is 39.5 Å². The van der Waals surface area contributed by atoms with E-state index in [1.165, 1.54) is 20.7 Å². The summed E-state index contributed by atoms with van der Waals surface area (Å²) in [7, 11) is 0. The minimum Gasteiger partial charge on any atom is -0.444 e. The van der Waals surface area contributed by atoms with E-state index in [0.29, 0.717) is 5.69 Å². The molecule has 0 aliphatic carbocycles. The highest BCUT2D eigenvalue weighted by atomic mass is 79.9. The first-order chi connectivity index (χ1) is 16.6. The SMILES string of the molecule is Cc1ccc(N(CCN(CCn2cc([N+](=O)[O-])cn2)C(=O)OC(C)(C)C)C(=O)OC(C)(C)C)cc1Br. The van der Waals surface area contributed by atoms with E-state index < -0.39 is 28.3 Å². The van der Waals surface area contributed by atoms with Crippen molar-refractivity contribution in [1.29, 1.82) is 0 Å². The molecule has 2 aromatic rings. The molecule has 0 atom stereocenters. The molecule has 1 aromatic heterocycles. The van der Waals surface area contributed by atoms with Crippen LogP contribution in [0.1, 0.15) is 47.1 Å². The average Bonchev–Trinajstić information content (AvgIpc) is 3.19. The number of benzene rings is 1. The van der Waals surface area contributed by atoms with Gasteiger partial charge < -0.3 is 14.4 Å². The van der Waals surface area contributed by atoms with Gasteiger partial charge in [0.15, 0.2) is 0 Å². The first-order valence-electron chi connectivity index (χ1n) is 11.5. The molecule has 198 valence electrons. The number of nitrogens with zero attached hydrogens (tertiary/aromatic N) is 5. The summed E-state index contributed by atoms with van der Waals surface area (Å²) >= 11 is 3.50. The summed E-state index contributed by atoms with van der Waals surface area (Å²) in [4.78, 5) is 39.4. The molecule has 0 aliphatic rings. The summed E-state index contributed by atoms with van der Waals surface area (Å²) in [5.41, 5.74) is 0.0312. The average molecular weight is 568 g/mol. The molecule has 1 heterocycles. The molecule has 0 saturated carbocycles. The summed E-state index contributed by atoms with van der Waals surface area (Å²) in [6.07, 6.45) is 1.32. The van der Waals surface area contributed by atoms with Gasteiger partial charge in [0.05, 0.1) is 11.5 Å². The Morgan fingerprint density at radius 1 is 1.06 bits per heavy atom. The van der Waals surface area contributed by atoms with E-state index in [0.717, 1.165) is 16.2 Å². The molecule has 11 nitrogen and oxygen atoms in total. The molecular weight excluding hydrogens is 534 g/mol. The Bertz CT molecular complexity index is 1090. The van der Waals surface area contributed by atoms with Crippen molar-refractivity contribution < 1.29 is 24.0 Å². The van der Waals surface area contributed by atoms with Crippen LogP contribution in [0.4, 0.5) is 21.0 Å². The molecule has 0 saturated heterocycles. The van der Waals surface area contributed by atoms with Crippen molar-refractivity contribution in [3.8, 4) is 0 Å². The predicted molar refractivity (Wildman–Crippen MR) is 139 cm³/mol. The van der Waals surface area contributed by atoms with Crippen LogP contribution in [-0.2, 0) is 16.0 Å². The van der Waals surface area contributed by atoms with Crippen LogP contribution in [0.3, 0.4) is 0 Å². The Balaban J connectivity index is 2.26. The van der Waals surface area contributed by atoms with Gasteiger partial charge in [-0.3, -0.25) is 19.7 Å². The van der Waals surface area contributed by atoms with Gasteiger partial charge in [0.2, 0.25) is 0 Å². The summed E-state index contributed by atoms with van der Waals surface area (Å²) in [5, 5.41) is 14.9. The van der Waals surface area contributed by atoms with Crippen LogP contribution in [0.25, 0.3) is 0 Å². The lowest BCUT2D eigenvalue weighted by Gasteiger charge is -2.31. The highest BCUT2D eigenvalue weighted by Crippen LogP contribution is 2.25. The second kappa shape index (κ2) is 11.7. The zero-order valence-corrected chi connectivity index (χ0v) is 23.4. The molecule has 0 bridgehead atoms. The number of amides is 2. The van der Waals surface area contributed by atoms with Gasteiger partial charge in [0.25, 0.3) is 0 Å². The maximum Gasteiger partial charge on any atom is 0.414 e. The Morgan fingerprint density at radius 3 is 2.19 bits per heavy atom. The zero-order valence-electron chi connectivity index (χ0n) is 21.8. The Hall–Kier alpha value is -3.15.